The van der Waals surface area contributed by atoms with Crippen LogP contribution in [0, 0.1) is 0 Å². The van der Waals surface area contributed by atoms with Gasteiger partial charge in [0.2, 0.25) is 0 Å². The lowest BCUT2D eigenvalue weighted by Gasteiger charge is -2.11. The SMILES string of the molecule is O=C(O)CCCc1cc(Br)cc2c1OC1C[C@H]3O[C@H]3C21. The molecule has 1 saturated carbocycles. The van der Waals surface area contributed by atoms with Crippen LogP contribution in [-0.2, 0) is 16.0 Å². The molecule has 4 atom stereocenters. The second-order valence-electron chi connectivity index (χ2n) is 5.79. The summed E-state index contributed by atoms with van der Waals surface area (Å²) in [6.07, 6.45) is 3.54. The first kappa shape index (κ1) is 12.7. The summed E-state index contributed by atoms with van der Waals surface area (Å²) < 4.78 is 12.8. The number of hydrogen-bond donors (Lipinski definition) is 1. The van der Waals surface area contributed by atoms with Gasteiger partial charge < -0.3 is 14.6 Å². The van der Waals surface area contributed by atoms with E-state index in [0.717, 1.165) is 28.6 Å². The van der Waals surface area contributed by atoms with Gasteiger partial charge in [-0.3, -0.25) is 4.79 Å². The molecule has 4 nitrogen and oxygen atoms in total. The Hall–Kier alpha value is -1.07. The van der Waals surface area contributed by atoms with Crippen molar-refractivity contribution in [3.8, 4) is 5.75 Å². The van der Waals surface area contributed by atoms with Crippen molar-refractivity contribution >= 4 is 21.9 Å². The van der Waals surface area contributed by atoms with Crippen molar-refractivity contribution in [3.63, 3.8) is 0 Å². The lowest BCUT2D eigenvalue weighted by atomic mass is 9.94. The molecule has 106 valence electrons. The molecule has 2 fully saturated rings. The Balaban J connectivity index is 1.61. The fraction of sp³-hybridized carbons (Fsp3) is 0.533. The summed E-state index contributed by atoms with van der Waals surface area (Å²) in [5.41, 5.74) is 2.35. The maximum absolute atomic E-state index is 10.6. The minimum Gasteiger partial charge on any atom is -0.489 e. The zero-order valence-electron chi connectivity index (χ0n) is 10.8. The molecule has 0 aromatic heterocycles. The molecule has 2 unspecified atom stereocenters. The number of benzene rings is 1. The number of carboxylic acids is 1. The zero-order valence-corrected chi connectivity index (χ0v) is 12.4. The Kier molecular flexibility index (Phi) is 2.82. The van der Waals surface area contributed by atoms with Crippen molar-refractivity contribution in [2.24, 2.45) is 0 Å². The molecule has 1 N–H and O–H groups in total. The first-order valence-corrected chi connectivity index (χ1v) is 7.79. The molecule has 0 radical (unpaired) electrons. The second-order valence-corrected chi connectivity index (χ2v) is 6.70. The van der Waals surface area contributed by atoms with Crippen LogP contribution in [0.25, 0.3) is 0 Å². The van der Waals surface area contributed by atoms with Crippen LogP contribution in [-0.4, -0.2) is 29.4 Å². The number of ether oxygens (including phenoxy) is 2. The smallest absolute Gasteiger partial charge is 0.303 e. The van der Waals surface area contributed by atoms with E-state index >= 15 is 0 Å². The number of rotatable bonds is 4. The van der Waals surface area contributed by atoms with Gasteiger partial charge in [0, 0.05) is 22.9 Å². The number of carbonyl (C=O) groups is 1. The molecule has 2 heterocycles. The van der Waals surface area contributed by atoms with E-state index in [1.165, 1.54) is 5.56 Å². The largest absolute Gasteiger partial charge is 0.489 e. The predicted molar refractivity (Wildman–Crippen MR) is 75.2 cm³/mol. The number of hydrogen-bond acceptors (Lipinski definition) is 3. The van der Waals surface area contributed by atoms with Crippen molar-refractivity contribution in [3.05, 3.63) is 27.7 Å². The number of fused-ring (bicyclic) bond motifs is 5. The Bertz CT molecular complexity index is 585. The number of epoxide rings is 1. The third-order valence-electron chi connectivity index (χ3n) is 4.47. The molecule has 20 heavy (non-hydrogen) atoms. The maximum Gasteiger partial charge on any atom is 0.303 e. The van der Waals surface area contributed by atoms with Gasteiger partial charge in [-0.2, -0.15) is 0 Å². The molecule has 4 rings (SSSR count). The normalized spacial score (nSPS) is 32.2. The van der Waals surface area contributed by atoms with E-state index in [1.807, 2.05) is 6.07 Å². The third-order valence-corrected chi connectivity index (χ3v) is 4.92. The van der Waals surface area contributed by atoms with Crippen molar-refractivity contribution in [1.29, 1.82) is 0 Å². The Morgan fingerprint density at radius 1 is 1.40 bits per heavy atom. The molecule has 0 amide bonds. The second kappa shape index (κ2) is 4.46. The van der Waals surface area contributed by atoms with E-state index < -0.39 is 5.97 Å². The van der Waals surface area contributed by atoms with Crippen molar-refractivity contribution in [2.75, 3.05) is 0 Å². The fourth-order valence-corrected chi connectivity index (χ4v) is 4.10. The Morgan fingerprint density at radius 2 is 2.25 bits per heavy atom. The summed E-state index contributed by atoms with van der Waals surface area (Å²) in [7, 11) is 0. The zero-order chi connectivity index (χ0) is 13.9. The van der Waals surface area contributed by atoms with Gasteiger partial charge in [-0.05, 0) is 30.5 Å². The van der Waals surface area contributed by atoms with E-state index in [1.54, 1.807) is 0 Å². The first-order valence-electron chi connectivity index (χ1n) is 6.99. The van der Waals surface area contributed by atoms with Gasteiger partial charge in [0.05, 0.1) is 18.1 Å². The monoisotopic (exact) mass is 338 g/mol. The lowest BCUT2D eigenvalue weighted by Crippen LogP contribution is -2.17. The summed E-state index contributed by atoms with van der Waals surface area (Å²) in [5.74, 6) is 0.594. The number of aliphatic carboxylic acids is 1. The van der Waals surface area contributed by atoms with Crippen LogP contribution < -0.4 is 4.74 Å². The van der Waals surface area contributed by atoms with Gasteiger partial charge in [0.15, 0.2) is 0 Å². The summed E-state index contributed by atoms with van der Waals surface area (Å²) in [6.45, 7) is 0. The van der Waals surface area contributed by atoms with E-state index in [2.05, 4.69) is 22.0 Å². The minimum atomic E-state index is -0.747. The van der Waals surface area contributed by atoms with E-state index in [9.17, 15) is 4.79 Å². The Morgan fingerprint density at radius 3 is 3.05 bits per heavy atom. The molecular formula is C15H15BrO4. The van der Waals surface area contributed by atoms with Gasteiger partial charge in [-0.25, -0.2) is 0 Å². The van der Waals surface area contributed by atoms with Crippen LogP contribution in [0.15, 0.2) is 16.6 Å². The molecule has 1 saturated heterocycles. The van der Waals surface area contributed by atoms with Crippen LogP contribution in [0.3, 0.4) is 0 Å². The topological polar surface area (TPSA) is 59.1 Å². The third kappa shape index (κ3) is 1.95. The quantitative estimate of drug-likeness (QED) is 0.857. The summed E-state index contributed by atoms with van der Waals surface area (Å²) in [4.78, 5) is 10.6. The summed E-state index contributed by atoms with van der Waals surface area (Å²) in [6, 6.07) is 4.18. The lowest BCUT2D eigenvalue weighted by molar-refractivity contribution is -0.137. The molecule has 1 aromatic carbocycles. The van der Waals surface area contributed by atoms with Crippen LogP contribution in [0.1, 0.15) is 36.3 Å². The number of carboxylic acid groups (broad SMARTS) is 1. The van der Waals surface area contributed by atoms with Crippen molar-refractivity contribution in [1.82, 2.24) is 0 Å². The summed E-state index contributed by atoms with van der Waals surface area (Å²) >= 11 is 3.55. The van der Waals surface area contributed by atoms with E-state index in [4.69, 9.17) is 14.6 Å². The van der Waals surface area contributed by atoms with Crippen LogP contribution in [0.4, 0.5) is 0 Å². The first-order chi connectivity index (χ1) is 9.63. The standard InChI is InChI=1S/C15H15BrO4/c16-8-4-7(2-1-3-12(17)18)14-9(5-8)13-10(19-14)6-11-15(13)20-11/h4-5,10-11,13,15H,1-3,6H2,(H,17,18)/t10?,11-,13?,15-/m1/s1. The molecule has 0 bridgehead atoms. The molecule has 5 heteroatoms. The van der Waals surface area contributed by atoms with Crippen molar-refractivity contribution in [2.45, 2.75) is 49.9 Å². The average molecular weight is 339 g/mol. The minimum absolute atomic E-state index is 0.196. The molecule has 3 aliphatic rings. The highest BCUT2D eigenvalue weighted by atomic mass is 79.9. The van der Waals surface area contributed by atoms with Gasteiger partial charge in [0.25, 0.3) is 0 Å². The van der Waals surface area contributed by atoms with E-state index in [0.29, 0.717) is 24.5 Å². The fourth-order valence-electron chi connectivity index (χ4n) is 3.58. The highest BCUT2D eigenvalue weighted by Crippen LogP contribution is 2.56. The van der Waals surface area contributed by atoms with Gasteiger partial charge in [-0.1, -0.05) is 15.9 Å². The number of aryl methyl sites for hydroxylation is 1. The van der Waals surface area contributed by atoms with Crippen LogP contribution >= 0.6 is 15.9 Å². The highest BCUT2D eigenvalue weighted by Gasteiger charge is 2.60. The van der Waals surface area contributed by atoms with E-state index in [-0.39, 0.29) is 12.5 Å². The maximum atomic E-state index is 10.6. The number of halogens is 1. The Labute approximate surface area is 125 Å². The predicted octanol–water partition coefficient (Wildman–Crippen LogP) is 2.87. The molecule has 0 spiro atoms. The highest BCUT2D eigenvalue weighted by molar-refractivity contribution is 9.10. The van der Waals surface area contributed by atoms with Gasteiger partial charge >= 0.3 is 5.97 Å². The van der Waals surface area contributed by atoms with Crippen molar-refractivity contribution < 1.29 is 19.4 Å². The average Bonchev–Trinajstić information content (AvgIpc) is 2.89. The molecule has 1 aliphatic carbocycles. The van der Waals surface area contributed by atoms with Gasteiger partial charge in [0.1, 0.15) is 11.9 Å². The van der Waals surface area contributed by atoms with Crippen LogP contribution in [0.5, 0.6) is 5.75 Å². The molecule has 2 aliphatic heterocycles. The molecular weight excluding hydrogens is 324 g/mol. The summed E-state index contributed by atoms with van der Waals surface area (Å²) in [5, 5.41) is 8.75. The van der Waals surface area contributed by atoms with Crippen LogP contribution in [0.2, 0.25) is 0 Å². The van der Waals surface area contributed by atoms with Gasteiger partial charge in [-0.15, -0.1) is 0 Å². The molecule has 1 aromatic rings.